The van der Waals surface area contributed by atoms with Gasteiger partial charge in [-0.15, -0.1) is 0 Å². The van der Waals surface area contributed by atoms with Crippen molar-refractivity contribution in [3.63, 3.8) is 0 Å². The minimum absolute atomic E-state index is 0.139. The van der Waals surface area contributed by atoms with E-state index in [2.05, 4.69) is 10.6 Å². The van der Waals surface area contributed by atoms with Gasteiger partial charge in [-0.3, -0.25) is 4.79 Å². The average molecular weight is 242 g/mol. The van der Waals surface area contributed by atoms with E-state index < -0.39 is 6.04 Å². The van der Waals surface area contributed by atoms with Crippen molar-refractivity contribution in [3.05, 3.63) is 59.9 Å². The van der Waals surface area contributed by atoms with Gasteiger partial charge in [0.15, 0.2) is 0 Å². The predicted molar refractivity (Wildman–Crippen MR) is 67.8 cm³/mol. The van der Waals surface area contributed by atoms with Gasteiger partial charge in [-0.25, -0.2) is 4.39 Å². The van der Waals surface area contributed by atoms with Crippen LogP contribution < -0.4 is 10.6 Å². The summed E-state index contributed by atoms with van der Waals surface area (Å²) >= 11 is 0. The van der Waals surface area contributed by atoms with Crippen molar-refractivity contribution in [2.75, 3.05) is 10.6 Å². The highest BCUT2D eigenvalue weighted by atomic mass is 19.1. The largest absolute Gasteiger partial charge is 0.368 e. The van der Waals surface area contributed by atoms with Crippen molar-refractivity contribution in [1.29, 1.82) is 0 Å². The lowest BCUT2D eigenvalue weighted by molar-refractivity contribution is -0.117. The van der Waals surface area contributed by atoms with Crippen molar-refractivity contribution in [1.82, 2.24) is 0 Å². The normalized spacial score (nSPS) is 17.6. The Morgan fingerprint density at radius 1 is 1.00 bits per heavy atom. The molecule has 1 aliphatic rings. The molecule has 0 unspecified atom stereocenters. The van der Waals surface area contributed by atoms with Crippen LogP contribution in [0, 0.1) is 5.82 Å². The number of hydrogen-bond acceptors (Lipinski definition) is 2. The van der Waals surface area contributed by atoms with E-state index in [1.54, 1.807) is 6.07 Å². The molecule has 1 aliphatic heterocycles. The third kappa shape index (κ3) is 1.82. The van der Waals surface area contributed by atoms with Gasteiger partial charge in [0, 0.05) is 0 Å². The van der Waals surface area contributed by atoms with Gasteiger partial charge < -0.3 is 10.6 Å². The molecule has 0 spiro atoms. The molecule has 90 valence electrons. The van der Waals surface area contributed by atoms with Crippen LogP contribution in [-0.4, -0.2) is 5.91 Å². The summed E-state index contributed by atoms with van der Waals surface area (Å²) in [7, 11) is 0. The molecule has 18 heavy (non-hydrogen) atoms. The standard InChI is InChI=1S/C14H11FN2O/c15-10-6-7-11-12(8-10)16-13(14(18)17-11)9-4-2-1-3-5-9/h1-8,13,16H,(H,17,18)/t13-/m0/s1. The molecule has 1 amide bonds. The summed E-state index contributed by atoms with van der Waals surface area (Å²) in [4.78, 5) is 12.0. The minimum Gasteiger partial charge on any atom is -0.368 e. The first kappa shape index (κ1) is 10.8. The van der Waals surface area contributed by atoms with E-state index in [1.807, 2.05) is 30.3 Å². The molecule has 0 saturated carbocycles. The lowest BCUT2D eigenvalue weighted by Gasteiger charge is -2.27. The molecule has 3 rings (SSSR count). The third-order valence-corrected chi connectivity index (χ3v) is 2.93. The zero-order valence-corrected chi connectivity index (χ0v) is 9.48. The Labute approximate surface area is 104 Å². The van der Waals surface area contributed by atoms with Crippen LogP contribution in [0.3, 0.4) is 0 Å². The zero-order chi connectivity index (χ0) is 12.5. The molecule has 2 aromatic rings. The van der Waals surface area contributed by atoms with Crippen molar-refractivity contribution in [2.45, 2.75) is 6.04 Å². The Hall–Kier alpha value is -2.36. The predicted octanol–water partition coefficient (Wildman–Crippen LogP) is 2.93. The summed E-state index contributed by atoms with van der Waals surface area (Å²) in [6.45, 7) is 0. The summed E-state index contributed by atoms with van der Waals surface area (Å²) in [6.07, 6.45) is 0. The zero-order valence-electron chi connectivity index (χ0n) is 9.48. The Balaban J connectivity index is 1.99. The summed E-state index contributed by atoms with van der Waals surface area (Å²) in [5, 5.41) is 5.82. The van der Waals surface area contributed by atoms with Crippen molar-refractivity contribution in [2.24, 2.45) is 0 Å². The monoisotopic (exact) mass is 242 g/mol. The van der Waals surface area contributed by atoms with Gasteiger partial charge in [0.05, 0.1) is 11.4 Å². The number of anilines is 2. The van der Waals surface area contributed by atoms with E-state index in [4.69, 9.17) is 0 Å². The number of carbonyl (C=O) groups is 1. The minimum atomic E-state index is -0.486. The van der Waals surface area contributed by atoms with E-state index in [0.717, 1.165) is 5.56 Å². The lowest BCUT2D eigenvalue weighted by Crippen LogP contribution is -2.31. The molecule has 0 aromatic heterocycles. The highest BCUT2D eigenvalue weighted by Crippen LogP contribution is 2.32. The second kappa shape index (κ2) is 4.14. The molecule has 3 nitrogen and oxygen atoms in total. The summed E-state index contributed by atoms with van der Waals surface area (Å²) < 4.78 is 13.2. The Bertz CT molecular complexity index is 598. The molecule has 0 aliphatic carbocycles. The molecular formula is C14H11FN2O. The quantitative estimate of drug-likeness (QED) is 0.807. The van der Waals surface area contributed by atoms with Crippen LogP contribution >= 0.6 is 0 Å². The molecular weight excluding hydrogens is 231 g/mol. The summed E-state index contributed by atoms with van der Waals surface area (Å²) in [5.41, 5.74) is 2.06. The number of carbonyl (C=O) groups excluding carboxylic acids is 1. The molecule has 0 saturated heterocycles. The Kier molecular flexibility index (Phi) is 2.48. The van der Waals surface area contributed by atoms with Gasteiger partial charge >= 0.3 is 0 Å². The van der Waals surface area contributed by atoms with Crippen LogP contribution in [0.5, 0.6) is 0 Å². The van der Waals surface area contributed by atoms with Crippen LogP contribution in [0.4, 0.5) is 15.8 Å². The van der Waals surface area contributed by atoms with Crippen LogP contribution in [0.25, 0.3) is 0 Å². The van der Waals surface area contributed by atoms with Crippen LogP contribution in [-0.2, 0) is 4.79 Å². The lowest BCUT2D eigenvalue weighted by atomic mass is 10.0. The molecule has 2 N–H and O–H groups in total. The molecule has 2 aromatic carbocycles. The first-order valence-electron chi connectivity index (χ1n) is 5.66. The SMILES string of the molecule is O=C1Nc2ccc(F)cc2N[C@H]1c1ccccc1. The van der Waals surface area contributed by atoms with E-state index in [9.17, 15) is 9.18 Å². The highest BCUT2D eigenvalue weighted by molar-refractivity contribution is 6.03. The number of rotatable bonds is 1. The molecule has 0 bridgehead atoms. The van der Waals surface area contributed by atoms with Gasteiger partial charge in [-0.05, 0) is 23.8 Å². The number of amides is 1. The maximum Gasteiger partial charge on any atom is 0.251 e. The summed E-state index contributed by atoms with van der Waals surface area (Å²) in [6, 6.07) is 13.1. The fourth-order valence-electron chi connectivity index (χ4n) is 2.05. The fraction of sp³-hybridized carbons (Fsp3) is 0.0714. The summed E-state index contributed by atoms with van der Waals surface area (Å²) in [5.74, 6) is -0.468. The van der Waals surface area contributed by atoms with Gasteiger partial charge in [0.2, 0.25) is 0 Å². The maximum atomic E-state index is 13.2. The molecule has 0 radical (unpaired) electrons. The second-order valence-electron chi connectivity index (χ2n) is 4.17. The molecule has 4 heteroatoms. The number of hydrogen-bond donors (Lipinski definition) is 2. The first-order valence-corrected chi connectivity index (χ1v) is 5.66. The molecule has 0 fully saturated rings. The average Bonchev–Trinajstić information content (AvgIpc) is 2.39. The van der Waals surface area contributed by atoms with Crippen LogP contribution in [0.1, 0.15) is 11.6 Å². The number of fused-ring (bicyclic) bond motifs is 1. The molecule has 1 heterocycles. The number of benzene rings is 2. The van der Waals surface area contributed by atoms with Gasteiger partial charge in [-0.2, -0.15) is 0 Å². The van der Waals surface area contributed by atoms with Crippen molar-refractivity contribution >= 4 is 17.3 Å². The van der Waals surface area contributed by atoms with Gasteiger partial charge in [0.1, 0.15) is 11.9 Å². The Morgan fingerprint density at radius 2 is 1.78 bits per heavy atom. The highest BCUT2D eigenvalue weighted by Gasteiger charge is 2.26. The maximum absolute atomic E-state index is 13.2. The topological polar surface area (TPSA) is 41.1 Å². The smallest absolute Gasteiger partial charge is 0.251 e. The van der Waals surface area contributed by atoms with Crippen LogP contribution in [0.2, 0.25) is 0 Å². The van der Waals surface area contributed by atoms with Gasteiger partial charge in [0.25, 0.3) is 5.91 Å². The first-order chi connectivity index (χ1) is 8.74. The van der Waals surface area contributed by atoms with E-state index >= 15 is 0 Å². The fourth-order valence-corrected chi connectivity index (χ4v) is 2.05. The Morgan fingerprint density at radius 3 is 2.56 bits per heavy atom. The third-order valence-electron chi connectivity index (χ3n) is 2.93. The van der Waals surface area contributed by atoms with E-state index in [1.165, 1.54) is 12.1 Å². The number of halogens is 1. The van der Waals surface area contributed by atoms with E-state index in [-0.39, 0.29) is 11.7 Å². The van der Waals surface area contributed by atoms with E-state index in [0.29, 0.717) is 11.4 Å². The molecule has 1 atom stereocenters. The van der Waals surface area contributed by atoms with Crippen molar-refractivity contribution in [3.8, 4) is 0 Å². The van der Waals surface area contributed by atoms with Gasteiger partial charge in [-0.1, -0.05) is 30.3 Å². The number of nitrogens with one attached hydrogen (secondary N) is 2. The van der Waals surface area contributed by atoms with Crippen LogP contribution in [0.15, 0.2) is 48.5 Å². The second-order valence-corrected chi connectivity index (χ2v) is 4.17. The van der Waals surface area contributed by atoms with Crippen molar-refractivity contribution < 1.29 is 9.18 Å².